The van der Waals surface area contributed by atoms with E-state index in [1.54, 1.807) is 30.2 Å². The molecule has 1 amide bonds. The lowest BCUT2D eigenvalue weighted by Gasteiger charge is -2.22. The minimum Gasteiger partial charge on any atom is -0.349 e. The summed E-state index contributed by atoms with van der Waals surface area (Å²) in [6.45, 7) is 0. The van der Waals surface area contributed by atoms with Crippen LogP contribution < -0.4 is 5.32 Å². The number of nitriles is 1. The Kier molecular flexibility index (Phi) is 4.35. The Morgan fingerprint density at radius 3 is 2.84 bits per heavy atom. The number of carbonyl (C=O) groups excluding carboxylic acids is 1. The van der Waals surface area contributed by atoms with Crippen molar-refractivity contribution in [2.75, 3.05) is 0 Å². The zero-order valence-corrected chi connectivity index (χ0v) is 11.1. The molecular formula is C14H18N4O. The normalized spacial score (nSPS) is 16.9. The number of rotatable bonds is 3. The second-order valence-corrected chi connectivity index (χ2v) is 4.93. The van der Waals surface area contributed by atoms with Gasteiger partial charge in [-0.1, -0.05) is 19.3 Å². The lowest BCUT2D eigenvalue weighted by Crippen LogP contribution is -2.36. The Bertz CT molecular complexity index is 518. The molecule has 2 rings (SSSR count). The van der Waals surface area contributed by atoms with Gasteiger partial charge in [-0.3, -0.25) is 9.48 Å². The highest BCUT2D eigenvalue weighted by atomic mass is 16.1. The maximum atomic E-state index is 12.0. The number of carbonyl (C=O) groups is 1. The van der Waals surface area contributed by atoms with E-state index in [4.69, 9.17) is 5.26 Å². The summed E-state index contributed by atoms with van der Waals surface area (Å²) in [5.74, 6) is -0.279. The molecule has 1 saturated carbocycles. The third-order valence-corrected chi connectivity index (χ3v) is 3.34. The van der Waals surface area contributed by atoms with Crippen LogP contribution in [-0.2, 0) is 11.8 Å². The van der Waals surface area contributed by atoms with E-state index in [0.29, 0.717) is 0 Å². The average Bonchev–Trinajstić information content (AvgIpc) is 2.82. The average molecular weight is 258 g/mol. The fourth-order valence-corrected chi connectivity index (χ4v) is 2.34. The van der Waals surface area contributed by atoms with Gasteiger partial charge in [0.05, 0.1) is 6.20 Å². The predicted octanol–water partition coefficient (Wildman–Crippen LogP) is 1.78. The van der Waals surface area contributed by atoms with Crippen LogP contribution in [0.5, 0.6) is 0 Å². The van der Waals surface area contributed by atoms with E-state index >= 15 is 0 Å². The molecule has 19 heavy (non-hydrogen) atoms. The van der Waals surface area contributed by atoms with Crippen molar-refractivity contribution in [3.05, 3.63) is 23.5 Å². The van der Waals surface area contributed by atoms with Crippen molar-refractivity contribution in [1.29, 1.82) is 5.26 Å². The smallest absolute Gasteiger partial charge is 0.262 e. The van der Waals surface area contributed by atoms with Gasteiger partial charge >= 0.3 is 0 Å². The van der Waals surface area contributed by atoms with E-state index in [-0.39, 0.29) is 17.5 Å². The molecule has 0 unspecified atom stereocenters. The zero-order valence-electron chi connectivity index (χ0n) is 11.1. The summed E-state index contributed by atoms with van der Waals surface area (Å²) in [5, 5.41) is 16.0. The second kappa shape index (κ2) is 6.19. The Morgan fingerprint density at radius 2 is 2.26 bits per heavy atom. The van der Waals surface area contributed by atoms with Crippen molar-refractivity contribution in [1.82, 2.24) is 15.1 Å². The number of nitrogens with one attached hydrogen (secondary N) is 1. The van der Waals surface area contributed by atoms with Gasteiger partial charge in [0, 0.05) is 24.8 Å². The molecular weight excluding hydrogens is 240 g/mol. The number of aromatic nitrogens is 2. The van der Waals surface area contributed by atoms with Crippen LogP contribution in [0.4, 0.5) is 0 Å². The molecule has 1 heterocycles. The Hall–Kier alpha value is -2.09. The molecule has 1 fully saturated rings. The standard InChI is InChI=1S/C14H18N4O/c1-18-10-11(9-16-18)7-12(8-15)14(19)17-13-5-3-2-4-6-13/h7,9-10,13H,2-6H2,1H3,(H,17,19)/b12-7+. The number of hydrogen-bond donors (Lipinski definition) is 1. The van der Waals surface area contributed by atoms with Crippen molar-refractivity contribution < 1.29 is 4.79 Å². The van der Waals surface area contributed by atoms with Gasteiger partial charge in [0.1, 0.15) is 11.6 Å². The monoisotopic (exact) mass is 258 g/mol. The number of amides is 1. The van der Waals surface area contributed by atoms with E-state index in [1.807, 2.05) is 6.07 Å². The summed E-state index contributed by atoms with van der Waals surface area (Å²) in [5.41, 5.74) is 0.899. The number of nitrogens with zero attached hydrogens (tertiary/aromatic N) is 3. The Morgan fingerprint density at radius 1 is 1.53 bits per heavy atom. The molecule has 0 aliphatic heterocycles. The highest BCUT2D eigenvalue weighted by Crippen LogP contribution is 2.18. The molecule has 1 aliphatic carbocycles. The highest BCUT2D eigenvalue weighted by molar-refractivity contribution is 6.01. The fraction of sp³-hybridized carbons (Fsp3) is 0.500. The molecule has 5 heteroatoms. The molecule has 1 aromatic rings. The minimum atomic E-state index is -0.279. The first-order valence-corrected chi connectivity index (χ1v) is 6.60. The van der Waals surface area contributed by atoms with Crippen molar-refractivity contribution in [3.8, 4) is 6.07 Å². The first kappa shape index (κ1) is 13.3. The summed E-state index contributed by atoms with van der Waals surface area (Å²) in [6.07, 6.45) is 10.5. The fourth-order valence-electron chi connectivity index (χ4n) is 2.34. The SMILES string of the molecule is Cn1cc(/C=C(\C#N)C(=O)NC2CCCCC2)cn1. The van der Waals surface area contributed by atoms with Gasteiger partial charge < -0.3 is 5.32 Å². The van der Waals surface area contributed by atoms with E-state index in [0.717, 1.165) is 31.2 Å². The molecule has 100 valence electrons. The zero-order chi connectivity index (χ0) is 13.7. The molecule has 0 saturated heterocycles. The second-order valence-electron chi connectivity index (χ2n) is 4.93. The lowest BCUT2D eigenvalue weighted by molar-refractivity contribution is -0.117. The van der Waals surface area contributed by atoms with Crippen molar-refractivity contribution in [2.45, 2.75) is 38.1 Å². The van der Waals surface area contributed by atoms with E-state index in [2.05, 4.69) is 10.4 Å². The summed E-state index contributed by atoms with van der Waals surface area (Å²) < 4.78 is 1.64. The van der Waals surface area contributed by atoms with Crippen LogP contribution in [0.1, 0.15) is 37.7 Å². The lowest BCUT2D eigenvalue weighted by atomic mass is 9.95. The molecule has 0 radical (unpaired) electrons. The predicted molar refractivity (Wildman–Crippen MR) is 71.8 cm³/mol. The summed E-state index contributed by atoms with van der Waals surface area (Å²) in [6, 6.07) is 2.18. The van der Waals surface area contributed by atoms with E-state index < -0.39 is 0 Å². The maximum Gasteiger partial charge on any atom is 0.262 e. The first-order chi connectivity index (χ1) is 9.19. The molecule has 0 atom stereocenters. The van der Waals surface area contributed by atoms with E-state index in [1.165, 1.54) is 6.42 Å². The van der Waals surface area contributed by atoms with Crippen LogP contribution in [0.25, 0.3) is 6.08 Å². The van der Waals surface area contributed by atoms with Gasteiger partial charge in [-0.25, -0.2) is 0 Å². The molecule has 0 bridgehead atoms. The maximum absolute atomic E-state index is 12.0. The van der Waals surface area contributed by atoms with Gasteiger partial charge in [-0.15, -0.1) is 0 Å². The third-order valence-electron chi connectivity index (χ3n) is 3.34. The third kappa shape index (κ3) is 3.68. The Labute approximate surface area is 112 Å². The van der Waals surface area contributed by atoms with Crippen molar-refractivity contribution >= 4 is 12.0 Å². The summed E-state index contributed by atoms with van der Waals surface area (Å²) >= 11 is 0. The minimum absolute atomic E-state index is 0.138. The van der Waals surface area contributed by atoms with Crippen LogP contribution in [0, 0.1) is 11.3 Å². The number of aryl methyl sites for hydroxylation is 1. The van der Waals surface area contributed by atoms with Gasteiger partial charge in [-0.2, -0.15) is 10.4 Å². The summed E-state index contributed by atoms with van der Waals surface area (Å²) in [4.78, 5) is 12.0. The molecule has 1 aromatic heterocycles. The van der Waals surface area contributed by atoms with Crippen molar-refractivity contribution in [2.24, 2.45) is 7.05 Å². The first-order valence-electron chi connectivity index (χ1n) is 6.60. The highest BCUT2D eigenvalue weighted by Gasteiger charge is 2.18. The van der Waals surface area contributed by atoms with Crippen LogP contribution >= 0.6 is 0 Å². The van der Waals surface area contributed by atoms with Gasteiger partial charge in [0.15, 0.2) is 0 Å². The Balaban J connectivity index is 2.02. The summed E-state index contributed by atoms with van der Waals surface area (Å²) in [7, 11) is 1.80. The van der Waals surface area contributed by atoms with Gasteiger partial charge in [0.25, 0.3) is 5.91 Å². The topological polar surface area (TPSA) is 70.7 Å². The van der Waals surface area contributed by atoms with Crippen LogP contribution in [0.2, 0.25) is 0 Å². The van der Waals surface area contributed by atoms with Crippen molar-refractivity contribution in [3.63, 3.8) is 0 Å². The molecule has 5 nitrogen and oxygen atoms in total. The van der Waals surface area contributed by atoms with Gasteiger partial charge in [-0.05, 0) is 18.9 Å². The largest absolute Gasteiger partial charge is 0.349 e. The quantitative estimate of drug-likeness (QED) is 0.663. The van der Waals surface area contributed by atoms with E-state index in [9.17, 15) is 4.79 Å². The number of hydrogen-bond acceptors (Lipinski definition) is 3. The van der Waals surface area contributed by atoms with Crippen LogP contribution in [-0.4, -0.2) is 21.7 Å². The molecule has 0 spiro atoms. The van der Waals surface area contributed by atoms with Crippen LogP contribution in [0.3, 0.4) is 0 Å². The molecule has 1 N–H and O–H groups in total. The molecule has 1 aliphatic rings. The van der Waals surface area contributed by atoms with Crippen LogP contribution in [0.15, 0.2) is 18.0 Å². The van der Waals surface area contributed by atoms with Gasteiger partial charge in [0.2, 0.25) is 0 Å². The molecule has 0 aromatic carbocycles.